The first-order chi connectivity index (χ1) is 14.5. The number of halogens is 1. The monoisotopic (exact) mass is 422 g/mol. The van der Waals surface area contributed by atoms with E-state index in [1.54, 1.807) is 29.2 Å². The first-order valence-electron chi connectivity index (χ1n) is 10.1. The van der Waals surface area contributed by atoms with Crippen LogP contribution in [0.15, 0.2) is 60.3 Å². The fourth-order valence-corrected chi connectivity index (χ4v) is 4.27. The highest BCUT2D eigenvalue weighted by Gasteiger charge is 2.46. The van der Waals surface area contributed by atoms with E-state index in [0.29, 0.717) is 17.1 Å². The standard InChI is InChI=1S/C24H23ClN2O3/c1-2-3-6-12-27-21(18-14-26-19-11-5-4-10-17(18)19)20(23(29)24(27)30)22(28)15-8-7-9-16(25)13-15/h4-5,7-11,13-14,21,26,28H,2-3,6,12H2,1H3/b22-20+. The SMILES string of the molecule is CCCCCN1C(=O)C(=O)/C(=C(/O)c2cccc(Cl)c2)C1c1c[nH]c2ccccc12. The molecule has 1 saturated heterocycles. The van der Waals surface area contributed by atoms with E-state index in [2.05, 4.69) is 11.9 Å². The molecule has 5 nitrogen and oxygen atoms in total. The van der Waals surface area contributed by atoms with Crippen molar-refractivity contribution in [3.63, 3.8) is 0 Å². The number of nitrogens with one attached hydrogen (secondary N) is 1. The molecule has 0 aliphatic carbocycles. The van der Waals surface area contributed by atoms with Crippen LogP contribution in [-0.2, 0) is 9.59 Å². The lowest BCUT2D eigenvalue weighted by Gasteiger charge is -2.25. The third-order valence-corrected chi connectivity index (χ3v) is 5.79. The molecule has 30 heavy (non-hydrogen) atoms. The van der Waals surface area contributed by atoms with Gasteiger partial charge in [0.2, 0.25) is 0 Å². The maximum Gasteiger partial charge on any atom is 0.295 e. The highest BCUT2D eigenvalue weighted by Crippen LogP contribution is 2.42. The average molecular weight is 423 g/mol. The summed E-state index contributed by atoms with van der Waals surface area (Å²) in [5.41, 5.74) is 2.22. The molecule has 0 spiro atoms. The molecule has 0 saturated carbocycles. The fraction of sp³-hybridized carbons (Fsp3) is 0.250. The van der Waals surface area contributed by atoms with Crippen LogP contribution in [0.1, 0.15) is 43.4 Å². The number of carbonyl (C=O) groups is 2. The zero-order valence-electron chi connectivity index (χ0n) is 16.7. The van der Waals surface area contributed by atoms with Crippen molar-refractivity contribution in [3.8, 4) is 0 Å². The van der Waals surface area contributed by atoms with Crippen LogP contribution in [0.25, 0.3) is 16.7 Å². The maximum absolute atomic E-state index is 13.0. The second-order valence-corrected chi connectivity index (χ2v) is 7.94. The molecule has 1 aliphatic rings. The molecule has 4 rings (SSSR count). The number of aliphatic hydroxyl groups excluding tert-OH is 1. The van der Waals surface area contributed by atoms with Gasteiger partial charge in [0.1, 0.15) is 5.76 Å². The number of benzene rings is 2. The molecule has 154 valence electrons. The van der Waals surface area contributed by atoms with Gasteiger partial charge in [-0.15, -0.1) is 0 Å². The van der Waals surface area contributed by atoms with Crippen molar-refractivity contribution in [2.45, 2.75) is 32.2 Å². The summed E-state index contributed by atoms with van der Waals surface area (Å²) in [5.74, 6) is -1.45. The largest absolute Gasteiger partial charge is 0.507 e. The fourth-order valence-electron chi connectivity index (χ4n) is 4.08. The number of rotatable bonds is 6. The van der Waals surface area contributed by atoms with Crippen LogP contribution < -0.4 is 0 Å². The van der Waals surface area contributed by atoms with Crippen LogP contribution in [0.4, 0.5) is 0 Å². The van der Waals surface area contributed by atoms with Crippen molar-refractivity contribution in [1.82, 2.24) is 9.88 Å². The molecule has 1 aliphatic heterocycles. The Hall–Kier alpha value is -3.05. The Morgan fingerprint density at radius 1 is 1.13 bits per heavy atom. The molecule has 1 unspecified atom stereocenters. The van der Waals surface area contributed by atoms with Gasteiger partial charge in [0.15, 0.2) is 0 Å². The number of amides is 1. The van der Waals surface area contributed by atoms with E-state index in [9.17, 15) is 14.7 Å². The highest BCUT2D eigenvalue weighted by molar-refractivity contribution is 6.46. The number of aromatic amines is 1. The lowest BCUT2D eigenvalue weighted by molar-refractivity contribution is -0.139. The quantitative estimate of drug-likeness (QED) is 0.240. The van der Waals surface area contributed by atoms with Gasteiger partial charge in [-0.1, -0.05) is 61.7 Å². The third kappa shape index (κ3) is 3.50. The van der Waals surface area contributed by atoms with Crippen molar-refractivity contribution in [2.75, 3.05) is 6.54 Å². The van der Waals surface area contributed by atoms with Crippen LogP contribution in [0, 0.1) is 0 Å². The average Bonchev–Trinajstić information content (AvgIpc) is 3.27. The highest BCUT2D eigenvalue weighted by atomic mass is 35.5. The molecule has 1 aromatic heterocycles. The number of H-pyrrole nitrogens is 1. The van der Waals surface area contributed by atoms with Gasteiger partial charge in [-0.25, -0.2) is 0 Å². The number of nitrogens with zero attached hydrogens (tertiary/aromatic N) is 1. The van der Waals surface area contributed by atoms with Gasteiger partial charge in [0.05, 0.1) is 11.6 Å². The molecule has 3 aromatic rings. The summed E-state index contributed by atoms with van der Waals surface area (Å²) in [7, 11) is 0. The van der Waals surface area contributed by atoms with Gasteiger partial charge in [-0.3, -0.25) is 9.59 Å². The van der Waals surface area contributed by atoms with E-state index in [-0.39, 0.29) is 11.3 Å². The van der Waals surface area contributed by atoms with E-state index < -0.39 is 17.7 Å². The number of carbonyl (C=O) groups excluding carboxylic acids is 2. The molecule has 2 aromatic carbocycles. The second kappa shape index (κ2) is 8.36. The molecule has 2 N–H and O–H groups in total. The lowest BCUT2D eigenvalue weighted by atomic mass is 9.95. The summed E-state index contributed by atoms with van der Waals surface area (Å²) < 4.78 is 0. The molecular weight excluding hydrogens is 400 g/mol. The molecule has 1 atom stereocenters. The minimum absolute atomic E-state index is 0.100. The predicted molar refractivity (Wildman–Crippen MR) is 118 cm³/mol. The normalized spacial score (nSPS) is 18.5. The summed E-state index contributed by atoms with van der Waals surface area (Å²) >= 11 is 6.09. The van der Waals surface area contributed by atoms with Gasteiger partial charge < -0.3 is 15.0 Å². The number of para-hydroxylation sites is 1. The topological polar surface area (TPSA) is 73.4 Å². The van der Waals surface area contributed by atoms with Crippen LogP contribution in [0.2, 0.25) is 5.02 Å². The van der Waals surface area contributed by atoms with Gasteiger partial charge in [-0.05, 0) is 24.6 Å². The summed E-state index contributed by atoms with van der Waals surface area (Å²) in [5, 5.41) is 12.4. The minimum Gasteiger partial charge on any atom is -0.507 e. The summed E-state index contributed by atoms with van der Waals surface area (Å²) in [6, 6.07) is 13.7. The Balaban J connectivity index is 1.89. The van der Waals surface area contributed by atoms with Gasteiger partial charge in [0, 0.05) is 39.8 Å². The van der Waals surface area contributed by atoms with E-state index in [0.717, 1.165) is 35.7 Å². The van der Waals surface area contributed by atoms with E-state index in [4.69, 9.17) is 11.6 Å². The first kappa shape index (κ1) is 20.2. The maximum atomic E-state index is 13.0. The Kier molecular flexibility index (Phi) is 5.64. The van der Waals surface area contributed by atoms with Crippen LogP contribution >= 0.6 is 11.6 Å². The molecule has 1 amide bonds. The minimum atomic E-state index is -0.667. The molecule has 0 bridgehead atoms. The van der Waals surface area contributed by atoms with Crippen molar-refractivity contribution in [1.29, 1.82) is 0 Å². The van der Waals surface area contributed by atoms with Gasteiger partial charge >= 0.3 is 0 Å². The second-order valence-electron chi connectivity index (χ2n) is 7.50. The first-order valence-corrected chi connectivity index (χ1v) is 10.5. The number of ketones is 1. The summed E-state index contributed by atoms with van der Waals surface area (Å²) in [6.07, 6.45) is 4.57. The number of unbranched alkanes of at least 4 members (excludes halogenated alkanes) is 2. The Morgan fingerprint density at radius 3 is 2.70 bits per heavy atom. The van der Waals surface area contributed by atoms with Crippen LogP contribution in [0.3, 0.4) is 0 Å². The number of hydrogen-bond donors (Lipinski definition) is 2. The molecule has 0 radical (unpaired) electrons. The molecule has 2 heterocycles. The Labute approximate surface area is 180 Å². The zero-order valence-corrected chi connectivity index (χ0v) is 17.4. The number of aliphatic hydroxyl groups is 1. The Bertz CT molecular complexity index is 1150. The lowest BCUT2D eigenvalue weighted by Crippen LogP contribution is -2.30. The van der Waals surface area contributed by atoms with E-state index >= 15 is 0 Å². The molecule has 6 heteroatoms. The third-order valence-electron chi connectivity index (χ3n) is 5.56. The number of Topliss-reactive ketones (excluding diaryl/α,β-unsaturated/α-hetero) is 1. The van der Waals surface area contributed by atoms with Crippen molar-refractivity contribution in [3.05, 3.63) is 76.5 Å². The van der Waals surface area contributed by atoms with Crippen molar-refractivity contribution < 1.29 is 14.7 Å². The Morgan fingerprint density at radius 2 is 1.93 bits per heavy atom. The molecule has 1 fully saturated rings. The van der Waals surface area contributed by atoms with Crippen LogP contribution in [-0.4, -0.2) is 33.2 Å². The zero-order chi connectivity index (χ0) is 21.3. The van der Waals surface area contributed by atoms with Gasteiger partial charge in [0.25, 0.3) is 11.7 Å². The molecular formula is C24H23ClN2O3. The summed E-state index contributed by atoms with van der Waals surface area (Å²) in [4.78, 5) is 30.8. The number of aromatic nitrogens is 1. The van der Waals surface area contributed by atoms with E-state index in [1.165, 1.54) is 0 Å². The van der Waals surface area contributed by atoms with Crippen LogP contribution in [0.5, 0.6) is 0 Å². The summed E-state index contributed by atoms with van der Waals surface area (Å²) in [6.45, 7) is 2.54. The van der Waals surface area contributed by atoms with E-state index in [1.807, 2.05) is 30.5 Å². The smallest absolute Gasteiger partial charge is 0.295 e. The van der Waals surface area contributed by atoms with Crippen molar-refractivity contribution >= 4 is 40.0 Å². The number of likely N-dealkylation sites (tertiary alicyclic amines) is 1. The van der Waals surface area contributed by atoms with Crippen molar-refractivity contribution in [2.24, 2.45) is 0 Å². The van der Waals surface area contributed by atoms with Gasteiger partial charge in [-0.2, -0.15) is 0 Å². The predicted octanol–water partition coefficient (Wildman–Crippen LogP) is 5.43. The number of hydrogen-bond acceptors (Lipinski definition) is 3. The number of fused-ring (bicyclic) bond motifs is 1.